The number of amidine groups is 1. The van der Waals surface area contributed by atoms with Gasteiger partial charge in [0.05, 0.1) is 0 Å². The van der Waals surface area contributed by atoms with Gasteiger partial charge in [-0.2, -0.15) is 4.99 Å². The van der Waals surface area contributed by atoms with E-state index in [1.54, 1.807) is 0 Å². The number of nitrogens with one attached hydrogen (secondary N) is 1. The van der Waals surface area contributed by atoms with E-state index in [1.807, 2.05) is 11.8 Å². The van der Waals surface area contributed by atoms with E-state index in [2.05, 4.69) is 38.0 Å². The number of nitrogens with zero attached hydrogens (tertiary/aromatic N) is 2. The summed E-state index contributed by atoms with van der Waals surface area (Å²) in [4.78, 5) is 31.3. The summed E-state index contributed by atoms with van der Waals surface area (Å²) in [6.45, 7) is 11.7. The molecule has 0 aromatic rings. The van der Waals surface area contributed by atoms with Gasteiger partial charge >= 0.3 is 0 Å². The minimum atomic E-state index is -0.368. The molecule has 0 aromatic carbocycles. The number of amides is 2. The highest BCUT2D eigenvalue weighted by atomic mass is 32.2. The van der Waals surface area contributed by atoms with Gasteiger partial charge in [-0.15, -0.1) is 0 Å². The van der Waals surface area contributed by atoms with Gasteiger partial charge < -0.3 is 10.2 Å². The molecule has 1 aliphatic heterocycles. The maximum atomic E-state index is 12.8. The Hall–Kier alpha value is -1.04. The zero-order chi connectivity index (χ0) is 19.1. The minimum Gasteiger partial charge on any atom is -0.361 e. The third-order valence-corrected chi connectivity index (χ3v) is 8.15. The van der Waals surface area contributed by atoms with Crippen LogP contribution in [0.4, 0.5) is 0 Å². The van der Waals surface area contributed by atoms with E-state index in [-0.39, 0.29) is 34.3 Å². The van der Waals surface area contributed by atoms with Gasteiger partial charge in [-0.1, -0.05) is 58.7 Å². The zero-order valence-corrected chi connectivity index (χ0v) is 17.6. The van der Waals surface area contributed by atoms with E-state index in [1.165, 1.54) is 31.0 Å². The lowest BCUT2D eigenvalue weighted by atomic mass is 9.94. The lowest BCUT2D eigenvalue weighted by Crippen LogP contribution is -2.42. The van der Waals surface area contributed by atoms with Crippen molar-refractivity contribution in [3.8, 4) is 0 Å². The molecule has 1 N–H and O–H groups in total. The normalized spacial score (nSPS) is 28.0. The van der Waals surface area contributed by atoms with Crippen molar-refractivity contribution >= 4 is 28.7 Å². The highest BCUT2D eigenvalue weighted by molar-refractivity contribution is 8.15. The summed E-state index contributed by atoms with van der Waals surface area (Å²) < 4.78 is 0. The second-order valence-electron chi connectivity index (χ2n) is 9.06. The molecule has 5 nitrogen and oxygen atoms in total. The third-order valence-electron chi connectivity index (χ3n) is 7.07. The fraction of sp³-hybridized carbons (Fsp3) is 0.850. The first-order valence-corrected chi connectivity index (χ1v) is 10.9. The van der Waals surface area contributed by atoms with Crippen molar-refractivity contribution in [2.75, 3.05) is 6.54 Å². The fourth-order valence-corrected chi connectivity index (χ4v) is 5.54. The average Bonchev–Trinajstić information content (AvgIpc) is 2.83. The van der Waals surface area contributed by atoms with Crippen molar-refractivity contribution in [2.45, 2.75) is 90.5 Å². The predicted molar refractivity (Wildman–Crippen MR) is 107 cm³/mol. The summed E-state index contributed by atoms with van der Waals surface area (Å²) in [5.74, 6) is -0.0596. The first-order chi connectivity index (χ1) is 12.2. The van der Waals surface area contributed by atoms with Crippen LogP contribution in [0.3, 0.4) is 0 Å². The molecule has 146 valence electrons. The molecule has 0 saturated heterocycles. The molecule has 0 aromatic heterocycles. The number of rotatable bonds is 5. The van der Waals surface area contributed by atoms with Crippen LogP contribution >= 0.6 is 11.8 Å². The molecule has 3 rings (SSSR count). The van der Waals surface area contributed by atoms with Gasteiger partial charge in [0.1, 0.15) is 5.25 Å². The second kappa shape index (κ2) is 7.17. The second-order valence-corrected chi connectivity index (χ2v) is 10.2. The van der Waals surface area contributed by atoms with Crippen molar-refractivity contribution in [3.63, 3.8) is 0 Å². The largest absolute Gasteiger partial charge is 0.361 e. The monoisotopic (exact) mass is 379 g/mol. The molecule has 2 fully saturated rings. The number of carbonyl (C=O) groups excluding carboxylic acids is 2. The Labute approximate surface area is 161 Å². The maximum absolute atomic E-state index is 12.8. The van der Waals surface area contributed by atoms with Gasteiger partial charge in [-0.3, -0.25) is 9.59 Å². The number of carbonyl (C=O) groups is 2. The van der Waals surface area contributed by atoms with Crippen LogP contribution in [0.2, 0.25) is 0 Å². The number of hydrogen-bond donors (Lipinski definition) is 1. The van der Waals surface area contributed by atoms with Gasteiger partial charge in [0.25, 0.3) is 5.91 Å². The van der Waals surface area contributed by atoms with Crippen LogP contribution in [-0.2, 0) is 9.59 Å². The van der Waals surface area contributed by atoms with Crippen molar-refractivity contribution in [2.24, 2.45) is 15.8 Å². The minimum absolute atomic E-state index is 0.105. The zero-order valence-electron chi connectivity index (χ0n) is 16.8. The molecule has 0 radical (unpaired) electrons. The van der Waals surface area contributed by atoms with Crippen molar-refractivity contribution in [3.05, 3.63) is 0 Å². The molecular weight excluding hydrogens is 346 g/mol. The van der Waals surface area contributed by atoms with Crippen molar-refractivity contribution in [1.82, 2.24) is 10.2 Å². The SMILES string of the molecule is CCN(C(=O)CC1SC(NC2C(C)(C)C2(C)C)=NC1=O)C1CCCCC1. The van der Waals surface area contributed by atoms with E-state index in [0.29, 0.717) is 17.3 Å². The molecular formula is C20H33N3O2S. The number of thioether (sulfide) groups is 1. The molecule has 2 amide bonds. The Morgan fingerprint density at radius 1 is 1.19 bits per heavy atom. The average molecular weight is 380 g/mol. The summed E-state index contributed by atoms with van der Waals surface area (Å²) in [5.41, 5.74) is 0.375. The van der Waals surface area contributed by atoms with Gasteiger partial charge in [0.2, 0.25) is 5.91 Å². The molecule has 1 unspecified atom stereocenters. The van der Waals surface area contributed by atoms with Crippen LogP contribution in [0.1, 0.15) is 73.1 Å². The van der Waals surface area contributed by atoms with Crippen LogP contribution in [0.5, 0.6) is 0 Å². The molecule has 26 heavy (non-hydrogen) atoms. The molecule has 2 saturated carbocycles. The molecule has 3 aliphatic rings. The molecule has 0 spiro atoms. The Morgan fingerprint density at radius 3 is 2.35 bits per heavy atom. The van der Waals surface area contributed by atoms with Crippen LogP contribution in [0, 0.1) is 10.8 Å². The smallest absolute Gasteiger partial charge is 0.262 e. The van der Waals surface area contributed by atoms with E-state index in [4.69, 9.17) is 0 Å². The van der Waals surface area contributed by atoms with E-state index < -0.39 is 0 Å². The summed E-state index contributed by atoms with van der Waals surface area (Å²) in [7, 11) is 0. The molecule has 1 heterocycles. The van der Waals surface area contributed by atoms with Crippen LogP contribution < -0.4 is 5.32 Å². The fourth-order valence-electron chi connectivity index (χ4n) is 4.57. The third kappa shape index (κ3) is 3.54. The Kier molecular flexibility index (Phi) is 5.44. The number of hydrogen-bond acceptors (Lipinski definition) is 4. The summed E-state index contributed by atoms with van der Waals surface area (Å²) >= 11 is 1.43. The van der Waals surface area contributed by atoms with Gasteiger partial charge in [0, 0.05) is 25.0 Å². The van der Waals surface area contributed by atoms with Gasteiger partial charge in [-0.05, 0) is 30.6 Å². The Bertz CT molecular complexity index is 594. The summed E-state index contributed by atoms with van der Waals surface area (Å²) in [5, 5.41) is 3.76. The van der Waals surface area contributed by atoms with Crippen molar-refractivity contribution in [1.29, 1.82) is 0 Å². The predicted octanol–water partition coefficient (Wildman–Crippen LogP) is 3.58. The van der Waals surface area contributed by atoms with Crippen LogP contribution in [0.15, 0.2) is 4.99 Å². The molecule has 1 atom stereocenters. The quantitative estimate of drug-likeness (QED) is 0.793. The van der Waals surface area contributed by atoms with E-state index >= 15 is 0 Å². The maximum Gasteiger partial charge on any atom is 0.262 e. The molecule has 6 heteroatoms. The van der Waals surface area contributed by atoms with Crippen LogP contribution in [0.25, 0.3) is 0 Å². The van der Waals surface area contributed by atoms with E-state index in [0.717, 1.165) is 19.4 Å². The summed E-state index contributed by atoms with van der Waals surface area (Å²) in [6, 6.07) is 0.673. The number of aliphatic imine (C=N–C) groups is 1. The summed E-state index contributed by atoms with van der Waals surface area (Å²) in [6.07, 6.45) is 6.14. The first-order valence-electron chi connectivity index (χ1n) is 10.0. The standard InChI is InChI=1S/C20H33N3O2S/c1-6-23(13-10-8-7-9-11-13)15(24)12-14-16(25)21-18(26-14)22-17-19(2,3)20(17,4)5/h13-14,17H,6-12H2,1-5H3,(H,21,22,25). The lowest BCUT2D eigenvalue weighted by molar-refractivity contribution is -0.135. The van der Waals surface area contributed by atoms with Gasteiger partial charge in [0.15, 0.2) is 5.17 Å². The Morgan fingerprint density at radius 2 is 1.81 bits per heavy atom. The first kappa shape index (κ1) is 19.7. The highest BCUT2D eigenvalue weighted by Gasteiger charge is 2.65. The van der Waals surface area contributed by atoms with Crippen LogP contribution in [-0.4, -0.2) is 45.8 Å². The van der Waals surface area contributed by atoms with E-state index in [9.17, 15) is 9.59 Å². The highest BCUT2D eigenvalue weighted by Crippen LogP contribution is 2.62. The topological polar surface area (TPSA) is 61.8 Å². The Balaban J connectivity index is 1.55. The van der Waals surface area contributed by atoms with Crippen molar-refractivity contribution < 1.29 is 9.59 Å². The molecule has 2 aliphatic carbocycles. The molecule has 0 bridgehead atoms. The van der Waals surface area contributed by atoms with Gasteiger partial charge in [-0.25, -0.2) is 0 Å². The lowest BCUT2D eigenvalue weighted by Gasteiger charge is -2.34.